The summed E-state index contributed by atoms with van der Waals surface area (Å²) in [6.45, 7) is 4.32. The quantitative estimate of drug-likeness (QED) is 0.0275. The molecule has 0 saturated carbocycles. The molecule has 0 aromatic heterocycles. The van der Waals surface area contributed by atoms with Crippen molar-refractivity contribution in [3.05, 3.63) is 0 Å². The SMILES string of the molecule is CCCCCCCCCCCCCC[C@@H](O)[C@@H](O)[C@H](CO[C@H]1O[C@H](CO)[C@H](O)[C@H](O)[C@H]1O)NC(=O)CCCCCCCCCCCNC(=O)CCCCCCCCCCCC. The molecule has 1 heterocycles. The molecule has 1 fully saturated rings. The van der Waals surface area contributed by atoms with E-state index >= 15 is 0 Å². The molecule has 12 nitrogen and oxygen atoms in total. The molecular formula is C49H96N2O10. The molecule has 61 heavy (non-hydrogen) atoms. The molecule has 0 aromatic carbocycles. The number of hydrogen-bond acceptors (Lipinski definition) is 10. The van der Waals surface area contributed by atoms with Crippen LogP contribution in [-0.2, 0) is 19.1 Å². The Morgan fingerprint density at radius 2 is 0.951 bits per heavy atom. The summed E-state index contributed by atoms with van der Waals surface area (Å²) in [6, 6.07) is -1.01. The van der Waals surface area contributed by atoms with Gasteiger partial charge in [0, 0.05) is 19.4 Å². The van der Waals surface area contributed by atoms with Gasteiger partial charge in [-0.25, -0.2) is 0 Å². The number of ether oxygens (including phenoxy) is 2. The van der Waals surface area contributed by atoms with Crippen LogP contribution in [0.1, 0.15) is 232 Å². The number of amides is 2. The molecule has 12 heteroatoms. The minimum absolute atomic E-state index is 0.184. The van der Waals surface area contributed by atoms with Gasteiger partial charge in [-0.1, -0.05) is 194 Å². The van der Waals surface area contributed by atoms with Gasteiger partial charge in [0.05, 0.1) is 25.4 Å². The van der Waals surface area contributed by atoms with E-state index in [0.29, 0.717) is 19.3 Å². The predicted molar refractivity (Wildman–Crippen MR) is 245 cm³/mol. The summed E-state index contributed by atoms with van der Waals surface area (Å²) in [5.74, 6) is -0.0985. The first-order chi connectivity index (χ1) is 29.7. The molecule has 0 unspecified atom stereocenters. The van der Waals surface area contributed by atoms with Gasteiger partial charge in [-0.15, -0.1) is 0 Å². The Labute approximate surface area is 372 Å². The zero-order chi connectivity index (χ0) is 44.8. The third-order valence-electron chi connectivity index (χ3n) is 12.5. The molecule has 0 aliphatic carbocycles. The highest BCUT2D eigenvalue weighted by atomic mass is 16.7. The van der Waals surface area contributed by atoms with E-state index < -0.39 is 55.6 Å². The van der Waals surface area contributed by atoms with Crippen molar-refractivity contribution in [2.24, 2.45) is 0 Å². The normalized spacial score (nSPS) is 20.7. The lowest BCUT2D eigenvalue weighted by molar-refractivity contribution is -0.303. The fourth-order valence-electron chi connectivity index (χ4n) is 8.28. The maximum Gasteiger partial charge on any atom is 0.220 e. The van der Waals surface area contributed by atoms with Gasteiger partial charge in [-0.3, -0.25) is 9.59 Å². The molecule has 1 rings (SSSR count). The monoisotopic (exact) mass is 873 g/mol. The molecule has 1 aliphatic heterocycles. The van der Waals surface area contributed by atoms with Gasteiger partial charge in [-0.2, -0.15) is 0 Å². The van der Waals surface area contributed by atoms with Crippen LogP contribution in [-0.4, -0.2) is 111 Å². The van der Waals surface area contributed by atoms with Crippen molar-refractivity contribution >= 4 is 11.8 Å². The zero-order valence-electron chi connectivity index (χ0n) is 39.1. The summed E-state index contributed by atoms with van der Waals surface area (Å²) < 4.78 is 11.2. The second-order valence-corrected chi connectivity index (χ2v) is 18.2. The van der Waals surface area contributed by atoms with Gasteiger partial charge >= 0.3 is 0 Å². The molecule has 362 valence electrons. The lowest BCUT2D eigenvalue weighted by Gasteiger charge is -2.40. The molecule has 8 N–H and O–H groups in total. The summed E-state index contributed by atoms with van der Waals surface area (Å²) in [5.41, 5.74) is 0. The Morgan fingerprint density at radius 3 is 1.41 bits per heavy atom. The van der Waals surface area contributed by atoms with E-state index in [-0.39, 0.29) is 24.8 Å². The number of carbonyl (C=O) groups excluding carboxylic acids is 2. The van der Waals surface area contributed by atoms with Crippen molar-refractivity contribution in [3.8, 4) is 0 Å². The molecule has 1 aliphatic rings. The van der Waals surface area contributed by atoms with E-state index in [0.717, 1.165) is 96.4 Å². The number of unbranched alkanes of at least 4 members (excludes halogenated alkanes) is 28. The Balaban J connectivity index is 2.29. The van der Waals surface area contributed by atoms with Crippen molar-refractivity contribution in [2.75, 3.05) is 19.8 Å². The van der Waals surface area contributed by atoms with Crippen LogP contribution < -0.4 is 10.6 Å². The van der Waals surface area contributed by atoms with Gasteiger partial charge in [0.15, 0.2) is 6.29 Å². The van der Waals surface area contributed by atoms with E-state index in [4.69, 9.17) is 9.47 Å². The van der Waals surface area contributed by atoms with Crippen LogP contribution >= 0.6 is 0 Å². The van der Waals surface area contributed by atoms with E-state index in [1.807, 2.05) is 0 Å². The molecule has 8 atom stereocenters. The third kappa shape index (κ3) is 30.4. The van der Waals surface area contributed by atoms with Crippen molar-refractivity contribution < 1.29 is 49.7 Å². The highest BCUT2D eigenvalue weighted by Crippen LogP contribution is 2.23. The minimum Gasteiger partial charge on any atom is -0.394 e. The maximum absolute atomic E-state index is 13.0. The molecule has 0 spiro atoms. The van der Waals surface area contributed by atoms with E-state index in [1.54, 1.807) is 0 Å². The first-order valence-corrected chi connectivity index (χ1v) is 25.5. The first kappa shape index (κ1) is 57.6. The van der Waals surface area contributed by atoms with Crippen LogP contribution in [0.3, 0.4) is 0 Å². The van der Waals surface area contributed by atoms with E-state index in [2.05, 4.69) is 24.5 Å². The van der Waals surface area contributed by atoms with Gasteiger partial charge < -0.3 is 50.7 Å². The summed E-state index contributed by atoms with van der Waals surface area (Å²) in [7, 11) is 0. The number of aliphatic hydroxyl groups excluding tert-OH is 6. The predicted octanol–water partition coefficient (Wildman–Crippen LogP) is 8.43. The summed E-state index contributed by atoms with van der Waals surface area (Å²) in [4.78, 5) is 25.2. The molecule has 0 bridgehead atoms. The molecule has 2 amide bonds. The van der Waals surface area contributed by atoms with Crippen molar-refractivity contribution in [1.29, 1.82) is 0 Å². The molecule has 0 aromatic rings. The number of nitrogens with one attached hydrogen (secondary N) is 2. The third-order valence-corrected chi connectivity index (χ3v) is 12.5. The van der Waals surface area contributed by atoms with Crippen LogP contribution in [0, 0.1) is 0 Å². The van der Waals surface area contributed by atoms with Gasteiger partial charge in [0.2, 0.25) is 11.8 Å². The number of rotatable bonds is 43. The van der Waals surface area contributed by atoms with Gasteiger partial charge in [0.1, 0.15) is 30.5 Å². The zero-order valence-corrected chi connectivity index (χ0v) is 39.1. The fraction of sp³-hybridized carbons (Fsp3) is 0.959. The first-order valence-electron chi connectivity index (χ1n) is 25.5. The number of carbonyl (C=O) groups is 2. The van der Waals surface area contributed by atoms with Crippen molar-refractivity contribution in [1.82, 2.24) is 10.6 Å². The maximum atomic E-state index is 13.0. The highest BCUT2D eigenvalue weighted by molar-refractivity contribution is 5.76. The summed E-state index contributed by atoms with van der Waals surface area (Å²) in [6.07, 6.45) is 27.7. The van der Waals surface area contributed by atoms with Crippen LogP contribution in [0.4, 0.5) is 0 Å². The van der Waals surface area contributed by atoms with E-state index in [1.165, 1.54) is 103 Å². The summed E-state index contributed by atoms with van der Waals surface area (Å²) in [5, 5.41) is 68.3. The fourth-order valence-corrected chi connectivity index (χ4v) is 8.28. The topological polar surface area (TPSA) is 198 Å². The van der Waals surface area contributed by atoms with Crippen molar-refractivity contribution in [2.45, 2.75) is 281 Å². The Kier molecular flexibility index (Phi) is 37.9. The van der Waals surface area contributed by atoms with Crippen LogP contribution in [0.25, 0.3) is 0 Å². The van der Waals surface area contributed by atoms with Crippen molar-refractivity contribution in [3.63, 3.8) is 0 Å². The number of hydrogen-bond donors (Lipinski definition) is 8. The minimum atomic E-state index is -1.62. The smallest absolute Gasteiger partial charge is 0.220 e. The Hall–Kier alpha value is -1.38. The lowest BCUT2D eigenvalue weighted by Crippen LogP contribution is -2.60. The highest BCUT2D eigenvalue weighted by Gasteiger charge is 2.44. The van der Waals surface area contributed by atoms with Gasteiger partial charge in [0.25, 0.3) is 0 Å². The standard InChI is InChI=1S/C49H96N2O10/c1-3-5-7-9-11-13-15-16-18-22-26-30-34-41(53)45(56)40(39-60-49-48(59)47(58)46(57)42(38-52)61-49)51-44(55)36-32-28-24-20-17-21-25-29-33-37-50-43(54)35-31-27-23-19-14-12-10-8-6-4-2/h40-42,45-49,52-53,56-59H,3-39H2,1-2H3,(H,50,54)(H,51,55)/t40-,41+,42+,45-,46-,47-,48+,49-/m0/s1. The second kappa shape index (κ2) is 40.2. The van der Waals surface area contributed by atoms with Crippen LogP contribution in [0.5, 0.6) is 0 Å². The lowest BCUT2D eigenvalue weighted by atomic mass is 9.98. The van der Waals surface area contributed by atoms with Gasteiger partial charge in [-0.05, 0) is 25.7 Å². The van der Waals surface area contributed by atoms with Crippen LogP contribution in [0.2, 0.25) is 0 Å². The largest absolute Gasteiger partial charge is 0.394 e. The average Bonchev–Trinajstić information content (AvgIpc) is 3.25. The molecule has 0 radical (unpaired) electrons. The number of aliphatic hydroxyl groups is 6. The molecular weight excluding hydrogens is 777 g/mol. The Morgan fingerprint density at radius 1 is 0.541 bits per heavy atom. The molecule has 1 saturated heterocycles. The Bertz CT molecular complexity index is 1010. The average molecular weight is 873 g/mol. The van der Waals surface area contributed by atoms with E-state index in [9.17, 15) is 40.2 Å². The van der Waals surface area contributed by atoms with Crippen LogP contribution in [0.15, 0.2) is 0 Å². The second-order valence-electron chi connectivity index (χ2n) is 18.2. The summed E-state index contributed by atoms with van der Waals surface area (Å²) >= 11 is 0.